The lowest BCUT2D eigenvalue weighted by Gasteiger charge is -2.27. The number of hydrogen-bond donors (Lipinski definition) is 1. The van der Waals surface area contributed by atoms with Gasteiger partial charge in [0.2, 0.25) is 0 Å². The number of hydrogen-bond acceptors (Lipinski definition) is 3. The van der Waals surface area contributed by atoms with Gasteiger partial charge in [0.05, 0.1) is 17.7 Å². The quantitative estimate of drug-likeness (QED) is 0.695. The predicted molar refractivity (Wildman–Crippen MR) is 97.0 cm³/mol. The van der Waals surface area contributed by atoms with Crippen LogP contribution in [0, 0.1) is 6.92 Å². The fourth-order valence-corrected chi connectivity index (χ4v) is 3.92. The van der Waals surface area contributed by atoms with Gasteiger partial charge < -0.3 is 10.2 Å². The van der Waals surface area contributed by atoms with Gasteiger partial charge in [-0.3, -0.25) is 4.99 Å². The highest BCUT2D eigenvalue weighted by Crippen LogP contribution is 2.33. The molecule has 0 saturated carbocycles. The smallest absolute Gasteiger partial charge is 0.193 e. The zero-order valence-electron chi connectivity index (χ0n) is 14.0. The zero-order valence-corrected chi connectivity index (χ0v) is 14.9. The standard InChI is InChI=1S/C18H24N4S/c1-14-16(23-13-21-14)11-20-17(19-3)22-10-9-18(2,12-22)15-7-5-4-6-8-15/h4-8,13H,9-12H2,1-3H3,(H,19,20). The summed E-state index contributed by atoms with van der Waals surface area (Å²) < 4.78 is 0. The van der Waals surface area contributed by atoms with Crippen LogP contribution in [0.15, 0.2) is 40.8 Å². The lowest BCUT2D eigenvalue weighted by Crippen LogP contribution is -2.41. The van der Waals surface area contributed by atoms with Gasteiger partial charge in [0.25, 0.3) is 0 Å². The second kappa shape index (κ2) is 6.71. The molecule has 1 saturated heterocycles. The van der Waals surface area contributed by atoms with E-state index in [9.17, 15) is 0 Å². The van der Waals surface area contributed by atoms with Crippen molar-refractivity contribution in [3.8, 4) is 0 Å². The Morgan fingerprint density at radius 2 is 2.17 bits per heavy atom. The largest absolute Gasteiger partial charge is 0.351 e. The summed E-state index contributed by atoms with van der Waals surface area (Å²) in [7, 11) is 1.86. The minimum atomic E-state index is 0.194. The molecule has 2 heterocycles. The second-order valence-electron chi connectivity index (χ2n) is 6.36. The van der Waals surface area contributed by atoms with Gasteiger partial charge in [-0.25, -0.2) is 4.98 Å². The molecule has 0 radical (unpaired) electrons. The Morgan fingerprint density at radius 1 is 1.39 bits per heavy atom. The molecule has 1 aliphatic heterocycles. The average Bonchev–Trinajstić information content (AvgIpc) is 3.16. The third-order valence-electron chi connectivity index (χ3n) is 4.71. The second-order valence-corrected chi connectivity index (χ2v) is 7.30. The first kappa shape index (κ1) is 16.0. The Labute approximate surface area is 142 Å². The highest BCUT2D eigenvalue weighted by atomic mass is 32.1. The number of thiazole rings is 1. The molecular formula is C18H24N4S. The highest BCUT2D eigenvalue weighted by Gasteiger charge is 2.36. The normalized spacial score (nSPS) is 21.7. The summed E-state index contributed by atoms with van der Waals surface area (Å²) in [4.78, 5) is 12.4. The summed E-state index contributed by atoms with van der Waals surface area (Å²) in [5.41, 5.74) is 4.61. The van der Waals surface area contributed by atoms with E-state index in [2.05, 4.69) is 64.4 Å². The first-order valence-electron chi connectivity index (χ1n) is 8.02. The van der Waals surface area contributed by atoms with Gasteiger partial charge in [0.1, 0.15) is 0 Å². The molecule has 1 aliphatic rings. The molecule has 1 atom stereocenters. The van der Waals surface area contributed by atoms with Crippen LogP contribution in [-0.2, 0) is 12.0 Å². The fourth-order valence-electron chi connectivity index (χ4n) is 3.21. The average molecular weight is 328 g/mol. The fraction of sp³-hybridized carbons (Fsp3) is 0.444. The summed E-state index contributed by atoms with van der Waals surface area (Å²) in [6.45, 7) is 7.23. The van der Waals surface area contributed by atoms with E-state index in [0.717, 1.165) is 37.7 Å². The van der Waals surface area contributed by atoms with Gasteiger partial charge in [0.15, 0.2) is 5.96 Å². The van der Waals surface area contributed by atoms with Crippen LogP contribution >= 0.6 is 11.3 Å². The van der Waals surface area contributed by atoms with Gasteiger partial charge in [-0.15, -0.1) is 11.3 Å². The molecule has 1 unspecified atom stereocenters. The van der Waals surface area contributed by atoms with Gasteiger partial charge in [-0.1, -0.05) is 37.3 Å². The maximum atomic E-state index is 4.47. The molecule has 1 aromatic heterocycles. The van der Waals surface area contributed by atoms with Crippen LogP contribution in [0.3, 0.4) is 0 Å². The number of nitrogens with zero attached hydrogens (tertiary/aromatic N) is 3. The molecule has 5 heteroatoms. The zero-order chi connectivity index (χ0) is 16.3. The van der Waals surface area contributed by atoms with Gasteiger partial charge in [-0.2, -0.15) is 0 Å². The van der Waals surface area contributed by atoms with Crippen molar-refractivity contribution >= 4 is 17.3 Å². The van der Waals surface area contributed by atoms with Crippen molar-refractivity contribution in [3.63, 3.8) is 0 Å². The first-order valence-corrected chi connectivity index (χ1v) is 8.90. The third kappa shape index (κ3) is 3.39. The molecule has 0 spiro atoms. The van der Waals surface area contributed by atoms with E-state index in [1.165, 1.54) is 10.4 Å². The molecule has 0 aliphatic carbocycles. The Hall–Kier alpha value is -1.88. The predicted octanol–water partition coefficient (Wildman–Crippen LogP) is 3.19. The Balaban J connectivity index is 1.66. The topological polar surface area (TPSA) is 40.5 Å². The molecule has 3 rings (SSSR count). The summed E-state index contributed by atoms with van der Waals surface area (Å²) in [5, 5.41) is 3.49. The molecular weight excluding hydrogens is 304 g/mol. The van der Waals surface area contributed by atoms with E-state index in [-0.39, 0.29) is 5.41 Å². The maximum absolute atomic E-state index is 4.47. The highest BCUT2D eigenvalue weighted by molar-refractivity contribution is 7.09. The van der Waals surface area contributed by atoms with Gasteiger partial charge in [-0.05, 0) is 18.9 Å². The number of likely N-dealkylation sites (tertiary alicyclic amines) is 1. The van der Waals surface area contributed by atoms with Crippen LogP contribution in [0.5, 0.6) is 0 Å². The van der Waals surface area contributed by atoms with Crippen LogP contribution in [0.25, 0.3) is 0 Å². The number of guanidine groups is 1. The molecule has 1 fully saturated rings. The third-order valence-corrected chi connectivity index (χ3v) is 5.64. The minimum Gasteiger partial charge on any atom is -0.351 e. The number of rotatable bonds is 3. The summed E-state index contributed by atoms with van der Waals surface area (Å²) >= 11 is 1.69. The van der Waals surface area contributed by atoms with E-state index < -0.39 is 0 Å². The Bertz CT molecular complexity index is 679. The Morgan fingerprint density at radius 3 is 2.83 bits per heavy atom. The van der Waals surface area contributed by atoms with E-state index >= 15 is 0 Å². The van der Waals surface area contributed by atoms with Crippen molar-refractivity contribution in [1.29, 1.82) is 0 Å². The van der Waals surface area contributed by atoms with Crippen molar-refractivity contribution in [1.82, 2.24) is 15.2 Å². The number of aryl methyl sites for hydroxylation is 1. The summed E-state index contributed by atoms with van der Waals surface area (Å²) in [5.74, 6) is 0.984. The molecule has 1 aromatic carbocycles. The van der Waals surface area contributed by atoms with Crippen molar-refractivity contribution in [2.24, 2.45) is 4.99 Å². The lowest BCUT2D eigenvalue weighted by atomic mass is 9.82. The lowest BCUT2D eigenvalue weighted by molar-refractivity contribution is 0.438. The molecule has 0 amide bonds. The maximum Gasteiger partial charge on any atom is 0.193 e. The van der Waals surface area contributed by atoms with E-state index in [0.29, 0.717) is 0 Å². The van der Waals surface area contributed by atoms with Gasteiger partial charge >= 0.3 is 0 Å². The van der Waals surface area contributed by atoms with Crippen LogP contribution in [0.1, 0.15) is 29.5 Å². The SMILES string of the molecule is CN=C(NCc1scnc1C)N1CCC(C)(c2ccccc2)C1. The van der Waals surface area contributed by atoms with E-state index in [1.54, 1.807) is 11.3 Å². The molecule has 4 nitrogen and oxygen atoms in total. The molecule has 1 N–H and O–H groups in total. The van der Waals surface area contributed by atoms with Crippen molar-refractivity contribution in [3.05, 3.63) is 52.0 Å². The minimum absolute atomic E-state index is 0.194. The van der Waals surface area contributed by atoms with Crippen LogP contribution in [-0.4, -0.2) is 36.0 Å². The van der Waals surface area contributed by atoms with Crippen LogP contribution in [0.4, 0.5) is 0 Å². The number of benzene rings is 1. The Kier molecular flexibility index (Phi) is 4.66. The number of aliphatic imine (C=N–C) groups is 1. The summed E-state index contributed by atoms with van der Waals surface area (Å²) in [6, 6.07) is 10.8. The van der Waals surface area contributed by atoms with Gasteiger partial charge in [0, 0.05) is 30.4 Å². The molecule has 0 bridgehead atoms. The number of nitrogens with one attached hydrogen (secondary N) is 1. The van der Waals surface area contributed by atoms with E-state index in [1.807, 2.05) is 12.6 Å². The van der Waals surface area contributed by atoms with Crippen LogP contribution < -0.4 is 5.32 Å². The first-order chi connectivity index (χ1) is 11.1. The molecule has 2 aromatic rings. The molecule has 23 heavy (non-hydrogen) atoms. The molecule has 122 valence electrons. The van der Waals surface area contributed by atoms with Crippen LogP contribution in [0.2, 0.25) is 0 Å². The number of aromatic nitrogens is 1. The van der Waals surface area contributed by atoms with Crippen molar-refractivity contribution < 1.29 is 0 Å². The van der Waals surface area contributed by atoms with Crippen molar-refractivity contribution in [2.45, 2.75) is 32.2 Å². The monoisotopic (exact) mass is 328 g/mol. The summed E-state index contributed by atoms with van der Waals surface area (Å²) in [6.07, 6.45) is 1.15. The van der Waals surface area contributed by atoms with E-state index in [4.69, 9.17) is 0 Å². The van der Waals surface area contributed by atoms with Crippen molar-refractivity contribution in [2.75, 3.05) is 20.1 Å².